The van der Waals surface area contributed by atoms with Gasteiger partial charge in [-0.15, -0.1) is 0 Å². The second-order valence-electron chi connectivity index (χ2n) is 3.84. The SMILES string of the molecule is COc1ccc(NC2(CN)CC2)cc1. The Morgan fingerprint density at radius 2 is 2.00 bits per heavy atom. The van der Waals surface area contributed by atoms with E-state index >= 15 is 0 Å². The first-order valence-electron chi connectivity index (χ1n) is 4.90. The fourth-order valence-corrected chi connectivity index (χ4v) is 1.51. The molecule has 3 heteroatoms. The third kappa shape index (κ3) is 1.82. The van der Waals surface area contributed by atoms with Crippen molar-refractivity contribution in [3.8, 4) is 5.75 Å². The molecule has 0 amide bonds. The van der Waals surface area contributed by atoms with Crippen LogP contribution in [-0.4, -0.2) is 19.2 Å². The molecule has 76 valence electrons. The Kier molecular flexibility index (Phi) is 2.33. The van der Waals surface area contributed by atoms with Crippen LogP contribution in [0.5, 0.6) is 5.75 Å². The minimum Gasteiger partial charge on any atom is -0.497 e. The molecular formula is C11H16N2O. The zero-order valence-electron chi connectivity index (χ0n) is 8.42. The smallest absolute Gasteiger partial charge is 0.119 e. The summed E-state index contributed by atoms with van der Waals surface area (Å²) < 4.78 is 5.09. The normalized spacial score (nSPS) is 17.6. The average Bonchev–Trinajstić information content (AvgIpc) is 3.00. The van der Waals surface area contributed by atoms with Gasteiger partial charge in [0.2, 0.25) is 0 Å². The average molecular weight is 192 g/mol. The Labute approximate surface area is 84.3 Å². The summed E-state index contributed by atoms with van der Waals surface area (Å²) in [5.41, 5.74) is 6.98. The van der Waals surface area contributed by atoms with Gasteiger partial charge in [-0.05, 0) is 37.1 Å². The number of anilines is 1. The van der Waals surface area contributed by atoms with Crippen LogP contribution in [0.2, 0.25) is 0 Å². The summed E-state index contributed by atoms with van der Waals surface area (Å²) in [5.74, 6) is 0.883. The summed E-state index contributed by atoms with van der Waals surface area (Å²) in [6, 6.07) is 7.95. The molecule has 1 aliphatic rings. The highest BCUT2D eigenvalue weighted by Gasteiger charge is 2.40. The highest BCUT2D eigenvalue weighted by molar-refractivity contribution is 5.50. The van der Waals surface area contributed by atoms with E-state index in [-0.39, 0.29) is 5.54 Å². The van der Waals surface area contributed by atoms with Crippen LogP contribution in [0.15, 0.2) is 24.3 Å². The van der Waals surface area contributed by atoms with E-state index < -0.39 is 0 Å². The second-order valence-corrected chi connectivity index (χ2v) is 3.84. The van der Waals surface area contributed by atoms with Gasteiger partial charge >= 0.3 is 0 Å². The van der Waals surface area contributed by atoms with Crippen molar-refractivity contribution in [3.05, 3.63) is 24.3 Å². The lowest BCUT2D eigenvalue weighted by atomic mass is 10.2. The van der Waals surface area contributed by atoms with E-state index in [2.05, 4.69) is 5.32 Å². The van der Waals surface area contributed by atoms with E-state index in [0.29, 0.717) is 6.54 Å². The van der Waals surface area contributed by atoms with Crippen molar-refractivity contribution in [2.75, 3.05) is 19.0 Å². The molecule has 3 nitrogen and oxygen atoms in total. The number of rotatable bonds is 4. The zero-order valence-corrected chi connectivity index (χ0v) is 8.42. The molecule has 1 aliphatic carbocycles. The lowest BCUT2D eigenvalue weighted by molar-refractivity contribution is 0.415. The van der Waals surface area contributed by atoms with E-state index in [4.69, 9.17) is 10.5 Å². The Hall–Kier alpha value is -1.22. The molecule has 0 atom stereocenters. The van der Waals surface area contributed by atoms with Gasteiger partial charge in [-0.2, -0.15) is 0 Å². The van der Waals surface area contributed by atoms with Crippen LogP contribution in [0.1, 0.15) is 12.8 Å². The Balaban J connectivity index is 2.03. The van der Waals surface area contributed by atoms with Gasteiger partial charge in [0, 0.05) is 17.8 Å². The number of hydrogen-bond donors (Lipinski definition) is 2. The molecule has 1 aromatic rings. The first-order valence-corrected chi connectivity index (χ1v) is 4.90. The van der Waals surface area contributed by atoms with Gasteiger partial charge in [0.25, 0.3) is 0 Å². The summed E-state index contributed by atoms with van der Waals surface area (Å²) in [4.78, 5) is 0. The van der Waals surface area contributed by atoms with E-state index in [9.17, 15) is 0 Å². The molecule has 0 bridgehead atoms. The van der Waals surface area contributed by atoms with Crippen LogP contribution in [0, 0.1) is 0 Å². The molecule has 14 heavy (non-hydrogen) atoms. The van der Waals surface area contributed by atoms with E-state index in [0.717, 1.165) is 11.4 Å². The van der Waals surface area contributed by atoms with Gasteiger partial charge in [-0.3, -0.25) is 0 Å². The number of hydrogen-bond acceptors (Lipinski definition) is 3. The molecule has 0 saturated heterocycles. The maximum absolute atomic E-state index is 5.69. The summed E-state index contributed by atoms with van der Waals surface area (Å²) in [7, 11) is 1.67. The van der Waals surface area contributed by atoms with Crippen molar-refractivity contribution in [1.29, 1.82) is 0 Å². The molecule has 0 spiro atoms. The molecule has 0 heterocycles. The highest BCUT2D eigenvalue weighted by Crippen LogP contribution is 2.37. The molecule has 2 rings (SSSR count). The van der Waals surface area contributed by atoms with Gasteiger partial charge in [0.05, 0.1) is 7.11 Å². The van der Waals surface area contributed by atoms with Gasteiger partial charge in [-0.1, -0.05) is 0 Å². The number of nitrogens with two attached hydrogens (primary N) is 1. The van der Waals surface area contributed by atoms with Crippen LogP contribution < -0.4 is 15.8 Å². The number of ether oxygens (including phenoxy) is 1. The monoisotopic (exact) mass is 192 g/mol. The van der Waals surface area contributed by atoms with Crippen LogP contribution in [0.4, 0.5) is 5.69 Å². The summed E-state index contributed by atoms with van der Waals surface area (Å²) in [5, 5.41) is 3.45. The van der Waals surface area contributed by atoms with Crippen LogP contribution in [-0.2, 0) is 0 Å². The largest absolute Gasteiger partial charge is 0.497 e. The zero-order chi connectivity index (χ0) is 10.0. The fraction of sp³-hybridized carbons (Fsp3) is 0.455. The van der Waals surface area contributed by atoms with Gasteiger partial charge in [0.15, 0.2) is 0 Å². The standard InChI is InChI=1S/C11H16N2O/c1-14-10-4-2-9(3-5-10)13-11(8-12)6-7-11/h2-5,13H,6-8,12H2,1H3. The molecule has 1 fully saturated rings. The van der Waals surface area contributed by atoms with Crippen molar-refractivity contribution >= 4 is 5.69 Å². The Morgan fingerprint density at radius 3 is 2.43 bits per heavy atom. The van der Waals surface area contributed by atoms with Crippen molar-refractivity contribution < 1.29 is 4.74 Å². The molecule has 0 aromatic heterocycles. The lowest BCUT2D eigenvalue weighted by Gasteiger charge is -2.16. The lowest BCUT2D eigenvalue weighted by Crippen LogP contribution is -2.30. The molecule has 0 radical (unpaired) electrons. The predicted molar refractivity (Wildman–Crippen MR) is 57.6 cm³/mol. The second kappa shape index (κ2) is 3.50. The first kappa shape index (κ1) is 9.34. The minimum absolute atomic E-state index is 0.175. The Bertz CT molecular complexity index is 304. The summed E-state index contributed by atoms with van der Waals surface area (Å²) >= 11 is 0. The van der Waals surface area contributed by atoms with Crippen molar-refractivity contribution in [1.82, 2.24) is 0 Å². The van der Waals surface area contributed by atoms with Gasteiger partial charge in [-0.25, -0.2) is 0 Å². The fourth-order valence-electron chi connectivity index (χ4n) is 1.51. The van der Waals surface area contributed by atoms with Crippen molar-refractivity contribution in [2.24, 2.45) is 5.73 Å². The van der Waals surface area contributed by atoms with E-state index in [1.807, 2.05) is 24.3 Å². The maximum atomic E-state index is 5.69. The maximum Gasteiger partial charge on any atom is 0.119 e. The number of nitrogens with one attached hydrogen (secondary N) is 1. The molecule has 0 unspecified atom stereocenters. The first-order chi connectivity index (χ1) is 6.78. The molecule has 3 N–H and O–H groups in total. The van der Waals surface area contributed by atoms with Gasteiger partial charge < -0.3 is 15.8 Å². The summed E-state index contributed by atoms with van der Waals surface area (Å²) in [6.45, 7) is 0.707. The molecule has 1 saturated carbocycles. The minimum atomic E-state index is 0.175. The van der Waals surface area contributed by atoms with Crippen molar-refractivity contribution in [3.63, 3.8) is 0 Å². The number of benzene rings is 1. The van der Waals surface area contributed by atoms with Crippen LogP contribution >= 0.6 is 0 Å². The predicted octanol–water partition coefficient (Wildman–Crippen LogP) is 1.60. The molecular weight excluding hydrogens is 176 g/mol. The van der Waals surface area contributed by atoms with Crippen LogP contribution in [0.25, 0.3) is 0 Å². The highest BCUT2D eigenvalue weighted by atomic mass is 16.5. The van der Waals surface area contributed by atoms with Gasteiger partial charge in [0.1, 0.15) is 5.75 Å². The number of methoxy groups -OCH3 is 1. The molecule has 0 aliphatic heterocycles. The van der Waals surface area contributed by atoms with Crippen LogP contribution in [0.3, 0.4) is 0 Å². The quantitative estimate of drug-likeness (QED) is 0.761. The van der Waals surface area contributed by atoms with E-state index in [1.165, 1.54) is 12.8 Å². The topological polar surface area (TPSA) is 47.3 Å². The third-order valence-electron chi connectivity index (χ3n) is 2.74. The molecule has 1 aromatic carbocycles. The summed E-state index contributed by atoms with van der Waals surface area (Å²) in [6.07, 6.45) is 2.35. The van der Waals surface area contributed by atoms with E-state index in [1.54, 1.807) is 7.11 Å². The van der Waals surface area contributed by atoms with Crippen molar-refractivity contribution in [2.45, 2.75) is 18.4 Å². The third-order valence-corrected chi connectivity index (χ3v) is 2.74. The Morgan fingerprint density at radius 1 is 1.36 bits per heavy atom.